The summed E-state index contributed by atoms with van der Waals surface area (Å²) in [5.41, 5.74) is 5.70. The maximum Gasteiger partial charge on any atom is 0.243 e. The third-order valence-corrected chi connectivity index (χ3v) is 4.88. The number of aromatic amines is 1. The van der Waals surface area contributed by atoms with E-state index < -0.39 is 0 Å². The van der Waals surface area contributed by atoms with Gasteiger partial charge in [0.2, 0.25) is 5.91 Å². The first kappa shape index (κ1) is 15.7. The maximum absolute atomic E-state index is 11.6. The Hall–Kier alpha value is -2.82. The summed E-state index contributed by atoms with van der Waals surface area (Å²) in [5.74, 6) is -0.110. The fraction of sp³-hybridized carbons (Fsp3) is 0.300. The van der Waals surface area contributed by atoms with E-state index in [0.29, 0.717) is 0 Å². The Morgan fingerprint density at radius 3 is 3.12 bits per heavy atom. The van der Waals surface area contributed by atoms with Crippen molar-refractivity contribution < 1.29 is 9.53 Å². The first-order valence-corrected chi connectivity index (χ1v) is 8.65. The van der Waals surface area contributed by atoms with Crippen molar-refractivity contribution >= 4 is 28.1 Å². The van der Waals surface area contributed by atoms with E-state index in [0.717, 1.165) is 48.9 Å². The van der Waals surface area contributed by atoms with Crippen molar-refractivity contribution in [1.29, 1.82) is 0 Å². The van der Waals surface area contributed by atoms with Crippen LogP contribution in [-0.2, 0) is 9.53 Å². The van der Waals surface area contributed by atoms with Gasteiger partial charge in [0.05, 0.1) is 12.9 Å². The van der Waals surface area contributed by atoms with Crippen molar-refractivity contribution in [3.63, 3.8) is 0 Å². The summed E-state index contributed by atoms with van der Waals surface area (Å²) >= 11 is 0. The number of hydrogen-bond acceptors (Lipinski definition) is 3. The maximum atomic E-state index is 11.6. The molecule has 0 saturated carbocycles. The van der Waals surface area contributed by atoms with E-state index >= 15 is 0 Å². The Balaban J connectivity index is 1.71. The normalized spacial score (nSPS) is 19.9. The highest BCUT2D eigenvalue weighted by Crippen LogP contribution is 2.36. The third kappa shape index (κ3) is 2.97. The summed E-state index contributed by atoms with van der Waals surface area (Å²) in [4.78, 5) is 19.4. The molecule has 1 amide bonds. The average molecular weight is 335 g/mol. The molecule has 1 unspecified atom stereocenters. The molecular weight excluding hydrogens is 314 g/mol. The van der Waals surface area contributed by atoms with Gasteiger partial charge in [0.1, 0.15) is 5.65 Å². The van der Waals surface area contributed by atoms with Gasteiger partial charge in [-0.15, -0.1) is 0 Å². The smallest absolute Gasteiger partial charge is 0.243 e. The Labute approximate surface area is 146 Å². The average Bonchev–Trinajstić information content (AvgIpc) is 3.30. The number of carbonyl (C=O) groups is 1. The number of carbonyl (C=O) groups excluding carboxylic acids is 1. The number of aromatic nitrogens is 2. The minimum atomic E-state index is -0.110. The third-order valence-electron chi connectivity index (χ3n) is 4.88. The van der Waals surface area contributed by atoms with Gasteiger partial charge in [-0.25, -0.2) is 4.98 Å². The molecule has 0 spiro atoms. The quantitative estimate of drug-likeness (QED) is 0.840. The molecule has 3 heterocycles. The zero-order valence-electron chi connectivity index (χ0n) is 14.0. The molecule has 2 aromatic heterocycles. The van der Waals surface area contributed by atoms with Crippen molar-refractivity contribution in [3.05, 3.63) is 54.6 Å². The number of nitrogens with zero attached hydrogens (tertiary/aromatic N) is 1. The number of ether oxygens (including phenoxy) is 1. The van der Waals surface area contributed by atoms with Crippen LogP contribution in [0.3, 0.4) is 0 Å². The highest BCUT2D eigenvalue weighted by atomic mass is 16.5. The molecule has 2 N–H and O–H groups in total. The van der Waals surface area contributed by atoms with Crippen LogP contribution in [0.15, 0.2) is 43.5 Å². The lowest BCUT2D eigenvalue weighted by molar-refractivity contribution is -0.117. The van der Waals surface area contributed by atoms with Crippen molar-refractivity contribution in [1.82, 2.24) is 15.3 Å². The molecule has 2 aliphatic rings. The van der Waals surface area contributed by atoms with Gasteiger partial charge in [0.15, 0.2) is 0 Å². The number of hydrogen-bond donors (Lipinski definition) is 2. The summed E-state index contributed by atoms with van der Waals surface area (Å²) in [6, 6.07) is 2.21. The molecule has 1 aliphatic heterocycles. The highest BCUT2D eigenvalue weighted by Gasteiger charge is 2.22. The summed E-state index contributed by atoms with van der Waals surface area (Å²) in [6.07, 6.45) is 13.0. The molecule has 1 aliphatic carbocycles. The lowest BCUT2D eigenvalue weighted by atomic mass is 9.88. The second kappa shape index (κ2) is 6.59. The summed E-state index contributed by atoms with van der Waals surface area (Å²) in [7, 11) is 0. The van der Waals surface area contributed by atoms with Crippen molar-refractivity contribution in [2.24, 2.45) is 0 Å². The van der Waals surface area contributed by atoms with Gasteiger partial charge in [-0.2, -0.15) is 0 Å². The SMILES string of the molecule is C=CC(=O)NC1CCC=C(c2ccnc3[nH]cc(C4=COCC4)c23)C1. The van der Waals surface area contributed by atoms with E-state index in [1.54, 1.807) is 0 Å². The predicted octanol–water partition coefficient (Wildman–Crippen LogP) is 3.56. The van der Waals surface area contributed by atoms with E-state index in [9.17, 15) is 4.79 Å². The molecule has 0 fully saturated rings. The minimum Gasteiger partial charge on any atom is -0.501 e. The molecule has 0 radical (unpaired) electrons. The second-order valence-corrected chi connectivity index (χ2v) is 6.47. The van der Waals surface area contributed by atoms with Gasteiger partial charge < -0.3 is 15.0 Å². The number of fused-ring (bicyclic) bond motifs is 1. The first-order chi connectivity index (χ1) is 12.3. The van der Waals surface area contributed by atoms with Gasteiger partial charge in [-0.1, -0.05) is 12.7 Å². The van der Waals surface area contributed by atoms with Crippen LogP contribution in [0, 0.1) is 0 Å². The molecule has 2 aromatic rings. The van der Waals surface area contributed by atoms with Crippen molar-refractivity contribution in [3.8, 4) is 0 Å². The molecule has 0 saturated heterocycles. The summed E-state index contributed by atoms with van der Waals surface area (Å²) < 4.78 is 5.42. The van der Waals surface area contributed by atoms with Crippen LogP contribution in [0.4, 0.5) is 0 Å². The van der Waals surface area contributed by atoms with Gasteiger partial charge in [0.25, 0.3) is 0 Å². The molecule has 4 rings (SSSR count). The van der Waals surface area contributed by atoms with Gasteiger partial charge in [-0.05, 0) is 48.1 Å². The zero-order valence-corrected chi connectivity index (χ0v) is 14.0. The summed E-state index contributed by atoms with van der Waals surface area (Å²) in [6.45, 7) is 4.27. The van der Waals surface area contributed by atoms with Gasteiger partial charge in [-0.3, -0.25) is 4.79 Å². The van der Waals surface area contributed by atoms with Crippen molar-refractivity contribution in [2.45, 2.75) is 31.7 Å². The number of pyridine rings is 1. The Morgan fingerprint density at radius 2 is 2.32 bits per heavy atom. The fourth-order valence-electron chi connectivity index (χ4n) is 3.68. The Bertz CT molecular complexity index is 891. The summed E-state index contributed by atoms with van der Waals surface area (Å²) in [5, 5.41) is 4.17. The second-order valence-electron chi connectivity index (χ2n) is 6.47. The molecule has 128 valence electrons. The number of rotatable bonds is 4. The number of allylic oxidation sites excluding steroid dienone is 1. The minimum absolute atomic E-state index is 0.110. The Morgan fingerprint density at radius 1 is 1.40 bits per heavy atom. The van der Waals surface area contributed by atoms with E-state index in [-0.39, 0.29) is 11.9 Å². The van der Waals surface area contributed by atoms with E-state index in [4.69, 9.17) is 4.74 Å². The van der Waals surface area contributed by atoms with E-state index in [1.165, 1.54) is 22.8 Å². The molecular formula is C20H21N3O2. The molecule has 5 heteroatoms. The van der Waals surface area contributed by atoms with Gasteiger partial charge >= 0.3 is 0 Å². The van der Waals surface area contributed by atoms with Crippen LogP contribution >= 0.6 is 0 Å². The monoisotopic (exact) mass is 335 g/mol. The largest absolute Gasteiger partial charge is 0.501 e. The zero-order chi connectivity index (χ0) is 17.2. The molecule has 0 bridgehead atoms. The molecule has 1 atom stereocenters. The van der Waals surface area contributed by atoms with E-state index in [2.05, 4.69) is 34.0 Å². The fourth-order valence-corrected chi connectivity index (χ4v) is 3.68. The molecule has 25 heavy (non-hydrogen) atoms. The van der Waals surface area contributed by atoms with Crippen LogP contribution < -0.4 is 5.32 Å². The standard InChI is InChI=1S/C20H21N3O2/c1-2-18(24)23-15-5-3-4-13(10-15)16-6-8-21-20-19(16)17(11-22-20)14-7-9-25-12-14/h2,4,6,8,11-12,15H,1,3,5,7,9-10H2,(H,21,22)(H,23,24). The van der Waals surface area contributed by atoms with Crippen LogP contribution in [0.5, 0.6) is 0 Å². The lowest BCUT2D eigenvalue weighted by Crippen LogP contribution is -2.34. The van der Waals surface area contributed by atoms with Crippen molar-refractivity contribution in [2.75, 3.05) is 6.61 Å². The van der Waals surface area contributed by atoms with Crippen LogP contribution in [0.1, 0.15) is 36.8 Å². The van der Waals surface area contributed by atoms with Crippen LogP contribution in [0.25, 0.3) is 22.2 Å². The highest BCUT2D eigenvalue weighted by molar-refractivity contribution is 5.99. The van der Waals surface area contributed by atoms with Gasteiger partial charge in [0, 0.05) is 35.8 Å². The molecule has 0 aromatic carbocycles. The number of H-pyrrole nitrogens is 1. The van der Waals surface area contributed by atoms with Crippen LogP contribution in [-0.4, -0.2) is 28.5 Å². The topological polar surface area (TPSA) is 67.0 Å². The number of nitrogens with one attached hydrogen (secondary N) is 2. The lowest BCUT2D eigenvalue weighted by Gasteiger charge is -2.24. The van der Waals surface area contributed by atoms with E-state index in [1.807, 2.05) is 18.7 Å². The van der Waals surface area contributed by atoms with Crippen LogP contribution in [0.2, 0.25) is 0 Å². The first-order valence-electron chi connectivity index (χ1n) is 8.65. The predicted molar refractivity (Wildman–Crippen MR) is 98.6 cm³/mol. The molecule has 5 nitrogen and oxygen atoms in total. The number of amides is 1. The Kier molecular flexibility index (Phi) is 4.14.